The van der Waals surface area contributed by atoms with Crippen molar-refractivity contribution in [3.8, 4) is 0 Å². The lowest BCUT2D eigenvalue weighted by molar-refractivity contribution is -0.124. The van der Waals surface area contributed by atoms with E-state index in [9.17, 15) is 9.59 Å². The molecule has 1 atom stereocenters. The minimum absolute atomic E-state index is 0. The van der Waals surface area contributed by atoms with Gasteiger partial charge in [-0.1, -0.05) is 12.6 Å². The lowest BCUT2D eigenvalue weighted by Gasteiger charge is -2.26. The number of benzene rings is 1. The van der Waals surface area contributed by atoms with E-state index in [4.69, 9.17) is 5.73 Å². The van der Waals surface area contributed by atoms with Crippen LogP contribution in [0.25, 0.3) is 10.9 Å². The number of carbonyl (C=O) groups excluding carboxylic acids is 1. The van der Waals surface area contributed by atoms with Crippen LogP contribution in [0.5, 0.6) is 0 Å². The summed E-state index contributed by atoms with van der Waals surface area (Å²) in [5.41, 5.74) is 7.60. The van der Waals surface area contributed by atoms with Crippen molar-refractivity contribution in [1.29, 1.82) is 0 Å². The average Bonchev–Trinajstić information content (AvgIpc) is 2.49. The number of carbonyl (C=O) groups is 1. The summed E-state index contributed by atoms with van der Waals surface area (Å²) in [4.78, 5) is 29.5. The molecule has 3 rings (SSSR count). The molecule has 7 heteroatoms. The second-order valence-corrected chi connectivity index (χ2v) is 5.54. The number of amides is 1. The van der Waals surface area contributed by atoms with Gasteiger partial charge in [0, 0.05) is 12.2 Å². The number of nitrogens with two attached hydrogens (primary N) is 1. The molecule has 0 spiro atoms. The SMILES string of the molecule is C=C1CCC(n2c(C)nc3ccc(CN)cc3c2=O)C(=O)N1.Cl. The van der Waals surface area contributed by atoms with E-state index in [0.29, 0.717) is 41.8 Å². The molecule has 1 aromatic heterocycles. The average molecular weight is 335 g/mol. The number of rotatable bonds is 2. The second kappa shape index (κ2) is 6.52. The van der Waals surface area contributed by atoms with Crippen molar-refractivity contribution in [3.63, 3.8) is 0 Å². The third kappa shape index (κ3) is 3.00. The number of hydrogen-bond acceptors (Lipinski definition) is 4. The number of fused-ring (bicyclic) bond motifs is 1. The van der Waals surface area contributed by atoms with E-state index >= 15 is 0 Å². The van der Waals surface area contributed by atoms with Gasteiger partial charge in [0.05, 0.1) is 10.9 Å². The van der Waals surface area contributed by atoms with Crippen molar-refractivity contribution < 1.29 is 4.79 Å². The summed E-state index contributed by atoms with van der Waals surface area (Å²) < 4.78 is 1.48. The first-order chi connectivity index (χ1) is 10.5. The highest BCUT2D eigenvalue weighted by molar-refractivity contribution is 5.85. The summed E-state index contributed by atoms with van der Waals surface area (Å²) in [6.45, 7) is 5.86. The van der Waals surface area contributed by atoms with Crippen LogP contribution in [0.2, 0.25) is 0 Å². The fraction of sp³-hybridized carbons (Fsp3) is 0.312. The van der Waals surface area contributed by atoms with Gasteiger partial charge in [0.25, 0.3) is 5.56 Å². The van der Waals surface area contributed by atoms with E-state index < -0.39 is 6.04 Å². The van der Waals surface area contributed by atoms with Crippen LogP contribution >= 0.6 is 12.4 Å². The van der Waals surface area contributed by atoms with Crippen LogP contribution in [-0.2, 0) is 11.3 Å². The van der Waals surface area contributed by atoms with E-state index in [0.717, 1.165) is 5.56 Å². The van der Waals surface area contributed by atoms with Gasteiger partial charge >= 0.3 is 0 Å². The summed E-state index contributed by atoms with van der Waals surface area (Å²) in [6.07, 6.45) is 1.21. The molecular formula is C16H19ClN4O2. The van der Waals surface area contributed by atoms with E-state index in [1.165, 1.54) is 4.57 Å². The zero-order valence-electron chi connectivity index (χ0n) is 12.8. The summed E-state index contributed by atoms with van der Waals surface area (Å²) in [7, 11) is 0. The maximum Gasteiger partial charge on any atom is 0.262 e. The molecule has 122 valence electrons. The lowest BCUT2D eigenvalue weighted by atomic mass is 10.0. The Morgan fingerprint density at radius 1 is 1.43 bits per heavy atom. The van der Waals surface area contributed by atoms with Crippen LogP contribution in [0.3, 0.4) is 0 Å². The van der Waals surface area contributed by atoms with Gasteiger partial charge in [-0.05, 0) is 37.5 Å². The molecule has 2 heterocycles. The van der Waals surface area contributed by atoms with Crippen molar-refractivity contribution >= 4 is 29.2 Å². The maximum atomic E-state index is 12.8. The van der Waals surface area contributed by atoms with Crippen LogP contribution in [-0.4, -0.2) is 15.5 Å². The zero-order valence-corrected chi connectivity index (χ0v) is 13.7. The first-order valence-corrected chi connectivity index (χ1v) is 7.21. The maximum absolute atomic E-state index is 12.8. The highest BCUT2D eigenvalue weighted by Crippen LogP contribution is 2.22. The molecule has 23 heavy (non-hydrogen) atoms. The standard InChI is InChI=1S/C16H18N4O2.ClH/c1-9-3-6-14(15(21)18-9)20-10(2)19-13-5-4-11(8-17)7-12(13)16(20)22;/h4-5,7,14H,1,3,6,8,17H2,2H3,(H,18,21);1H. The molecular weight excluding hydrogens is 316 g/mol. The van der Waals surface area contributed by atoms with Crippen molar-refractivity contribution in [1.82, 2.24) is 14.9 Å². The van der Waals surface area contributed by atoms with Crippen molar-refractivity contribution in [2.24, 2.45) is 5.73 Å². The summed E-state index contributed by atoms with van der Waals surface area (Å²) in [5, 5.41) is 3.20. The second-order valence-electron chi connectivity index (χ2n) is 5.54. The van der Waals surface area contributed by atoms with Gasteiger partial charge in [0.2, 0.25) is 5.91 Å². The van der Waals surface area contributed by atoms with Crippen molar-refractivity contribution in [2.45, 2.75) is 32.4 Å². The highest BCUT2D eigenvalue weighted by atomic mass is 35.5. The van der Waals surface area contributed by atoms with Crippen LogP contribution in [0.15, 0.2) is 35.3 Å². The Hall–Kier alpha value is -2.18. The third-order valence-corrected chi connectivity index (χ3v) is 4.01. The van der Waals surface area contributed by atoms with Crippen molar-refractivity contribution in [3.05, 3.63) is 52.2 Å². The molecule has 1 aliphatic rings. The van der Waals surface area contributed by atoms with Crippen molar-refractivity contribution in [2.75, 3.05) is 0 Å². The van der Waals surface area contributed by atoms with Gasteiger partial charge in [-0.25, -0.2) is 4.98 Å². The van der Waals surface area contributed by atoms with Crippen LogP contribution in [0.1, 0.15) is 30.3 Å². The largest absolute Gasteiger partial charge is 0.329 e. The minimum Gasteiger partial charge on any atom is -0.329 e. The number of aryl methyl sites for hydroxylation is 1. The van der Waals surface area contributed by atoms with Gasteiger partial charge < -0.3 is 11.1 Å². The van der Waals surface area contributed by atoms with E-state index in [1.807, 2.05) is 6.07 Å². The Morgan fingerprint density at radius 3 is 2.83 bits per heavy atom. The Bertz CT molecular complexity index is 844. The summed E-state index contributed by atoms with van der Waals surface area (Å²) >= 11 is 0. The number of nitrogens with zero attached hydrogens (tertiary/aromatic N) is 2. The summed E-state index contributed by atoms with van der Waals surface area (Å²) in [5.74, 6) is 0.322. The molecule has 0 bridgehead atoms. The molecule has 0 radical (unpaired) electrons. The molecule has 1 fully saturated rings. The Balaban J connectivity index is 0.00000192. The number of allylic oxidation sites excluding steroid dienone is 1. The molecule has 1 aromatic carbocycles. The number of hydrogen-bond donors (Lipinski definition) is 2. The van der Waals surface area contributed by atoms with E-state index in [2.05, 4.69) is 16.9 Å². The first kappa shape index (κ1) is 17.2. The quantitative estimate of drug-likeness (QED) is 0.872. The van der Waals surface area contributed by atoms with Gasteiger partial charge in [-0.3, -0.25) is 14.2 Å². The molecule has 1 unspecified atom stereocenters. The predicted molar refractivity (Wildman–Crippen MR) is 91.4 cm³/mol. The number of aromatic nitrogens is 2. The predicted octanol–water partition coefficient (Wildman–Crippen LogP) is 1.55. The van der Waals surface area contributed by atoms with Gasteiger partial charge in [0.1, 0.15) is 11.9 Å². The van der Waals surface area contributed by atoms with Crippen LogP contribution in [0, 0.1) is 6.92 Å². The Labute approximate surface area is 139 Å². The molecule has 6 nitrogen and oxygen atoms in total. The molecule has 1 saturated heterocycles. The normalized spacial score (nSPS) is 17.7. The Kier molecular flexibility index (Phi) is 4.87. The smallest absolute Gasteiger partial charge is 0.262 e. The molecule has 2 aromatic rings. The molecule has 0 saturated carbocycles. The van der Waals surface area contributed by atoms with E-state index in [1.54, 1.807) is 19.1 Å². The topological polar surface area (TPSA) is 90.0 Å². The highest BCUT2D eigenvalue weighted by Gasteiger charge is 2.28. The molecule has 0 aliphatic carbocycles. The number of piperidine rings is 1. The van der Waals surface area contributed by atoms with Gasteiger partial charge in [-0.2, -0.15) is 0 Å². The third-order valence-electron chi connectivity index (χ3n) is 4.01. The van der Waals surface area contributed by atoms with Gasteiger partial charge in [0.15, 0.2) is 0 Å². The fourth-order valence-electron chi connectivity index (χ4n) is 2.86. The van der Waals surface area contributed by atoms with Gasteiger partial charge in [-0.15, -0.1) is 12.4 Å². The lowest BCUT2D eigenvalue weighted by Crippen LogP contribution is -2.41. The fourth-order valence-corrected chi connectivity index (χ4v) is 2.86. The minimum atomic E-state index is -0.545. The van der Waals surface area contributed by atoms with Crippen LogP contribution in [0.4, 0.5) is 0 Å². The van der Waals surface area contributed by atoms with E-state index in [-0.39, 0.29) is 23.9 Å². The molecule has 1 aliphatic heterocycles. The number of halogens is 1. The number of nitrogens with one attached hydrogen (secondary N) is 1. The molecule has 1 amide bonds. The van der Waals surface area contributed by atoms with Crippen LogP contribution < -0.4 is 16.6 Å². The monoisotopic (exact) mass is 334 g/mol. The first-order valence-electron chi connectivity index (χ1n) is 7.21. The summed E-state index contributed by atoms with van der Waals surface area (Å²) in [6, 6.07) is 4.85. The zero-order chi connectivity index (χ0) is 15.9. The molecule has 3 N–H and O–H groups in total. The Morgan fingerprint density at radius 2 is 2.17 bits per heavy atom.